The van der Waals surface area contributed by atoms with E-state index in [1.54, 1.807) is 35.1 Å². The van der Waals surface area contributed by atoms with Gasteiger partial charge in [0.25, 0.3) is 0 Å². The molecule has 0 spiro atoms. The maximum Gasteiger partial charge on any atom is 0.249 e. The van der Waals surface area contributed by atoms with Gasteiger partial charge in [0, 0.05) is 16.7 Å². The summed E-state index contributed by atoms with van der Waals surface area (Å²) in [5.74, 6) is -0.0338. The van der Waals surface area contributed by atoms with Gasteiger partial charge in [-0.15, -0.1) is 0 Å². The van der Waals surface area contributed by atoms with E-state index in [1.165, 1.54) is 0 Å². The van der Waals surface area contributed by atoms with Crippen molar-refractivity contribution >= 4 is 27.7 Å². The molecule has 0 saturated carbocycles. The van der Waals surface area contributed by atoms with Gasteiger partial charge in [0.1, 0.15) is 5.82 Å². The second-order valence-corrected chi connectivity index (χ2v) is 4.07. The van der Waals surface area contributed by atoms with Gasteiger partial charge in [-0.25, -0.2) is 4.68 Å². The lowest BCUT2D eigenvalue weighted by molar-refractivity contribution is 0.0999. The minimum absolute atomic E-state index is 0.434. The standard InChI is InChI=1S/C10H9BrN4O/c11-8-5-6(1-2-7(8)10(13)16)15-4-3-9(12)14-15/h1-5H,(H2,12,14)(H2,13,16). The number of anilines is 1. The van der Waals surface area contributed by atoms with Crippen LogP contribution in [0.3, 0.4) is 0 Å². The van der Waals surface area contributed by atoms with E-state index in [0.717, 1.165) is 5.69 Å². The molecule has 82 valence electrons. The summed E-state index contributed by atoms with van der Waals surface area (Å²) in [4.78, 5) is 11.0. The Morgan fingerprint density at radius 2 is 2.12 bits per heavy atom. The van der Waals surface area contributed by atoms with Gasteiger partial charge in [0.05, 0.1) is 11.3 Å². The molecule has 1 aromatic carbocycles. The zero-order chi connectivity index (χ0) is 11.7. The molecule has 0 radical (unpaired) electrons. The third-order valence-electron chi connectivity index (χ3n) is 2.09. The van der Waals surface area contributed by atoms with Gasteiger partial charge in [-0.1, -0.05) is 0 Å². The molecule has 5 nitrogen and oxygen atoms in total. The number of primary amides is 1. The number of benzene rings is 1. The Hall–Kier alpha value is -1.82. The normalized spacial score (nSPS) is 10.3. The fraction of sp³-hybridized carbons (Fsp3) is 0. The Morgan fingerprint density at radius 3 is 2.62 bits per heavy atom. The van der Waals surface area contributed by atoms with E-state index in [-0.39, 0.29) is 0 Å². The quantitative estimate of drug-likeness (QED) is 0.870. The van der Waals surface area contributed by atoms with Gasteiger partial charge in [-0.2, -0.15) is 5.10 Å². The molecule has 2 aromatic rings. The molecule has 1 aromatic heterocycles. The molecular formula is C10H9BrN4O. The first-order valence-electron chi connectivity index (χ1n) is 4.49. The van der Waals surface area contributed by atoms with Gasteiger partial charge >= 0.3 is 0 Å². The number of aromatic nitrogens is 2. The first-order valence-corrected chi connectivity index (χ1v) is 5.28. The summed E-state index contributed by atoms with van der Waals surface area (Å²) in [6, 6.07) is 6.83. The van der Waals surface area contributed by atoms with Crippen LogP contribution in [-0.2, 0) is 0 Å². The molecular weight excluding hydrogens is 272 g/mol. The summed E-state index contributed by atoms with van der Waals surface area (Å²) in [5.41, 5.74) is 11.9. The lowest BCUT2D eigenvalue weighted by Crippen LogP contribution is -2.12. The van der Waals surface area contributed by atoms with Crippen molar-refractivity contribution in [3.63, 3.8) is 0 Å². The number of amides is 1. The van der Waals surface area contributed by atoms with E-state index in [1.807, 2.05) is 0 Å². The number of rotatable bonds is 2. The van der Waals surface area contributed by atoms with E-state index in [2.05, 4.69) is 21.0 Å². The highest BCUT2D eigenvalue weighted by Crippen LogP contribution is 2.20. The third kappa shape index (κ3) is 1.92. The van der Waals surface area contributed by atoms with Gasteiger partial charge in [-0.05, 0) is 34.1 Å². The van der Waals surface area contributed by atoms with Crippen molar-refractivity contribution < 1.29 is 4.79 Å². The van der Waals surface area contributed by atoms with Crippen LogP contribution in [0.2, 0.25) is 0 Å². The Labute approximate surface area is 100 Å². The number of carbonyl (C=O) groups is 1. The topological polar surface area (TPSA) is 86.9 Å². The van der Waals surface area contributed by atoms with E-state index < -0.39 is 5.91 Å². The molecule has 2 rings (SSSR count). The van der Waals surface area contributed by atoms with Crippen molar-refractivity contribution in [1.82, 2.24) is 9.78 Å². The average molecular weight is 281 g/mol. The number of halogens is 1. The van der Waals surface area contributed by atoms with Crippen molar-refractivity contribution in [3.05, 3.63) is 40.5 Å². The summed E-state index contributed by atoms with van der Waals surface area (Å²) in [5, 5.41) is 4.05. The van der Waals surface area contributed by atoms with Crippen LogP contribution in [0.25, 0.3) is 5.69 Å². The zero-order valence-corrected chi connectivity index (χ0v) is 9.81. The highest BCUT2D eigenvalue weighted by Gasteiger charge is 2.07. The molecule has 0 aliphatic heterocycles. The van der Waals surface area contributed by atoms with E-state index >= 15 is 0 Å². The zero-order valence-electron chi connectivity index (χ0n) is 8.22. The number of nitrogen functional groups attached to an aromatic ring is 1. The smallest absolute Gasteiger partial charge is 0.249 e. The van der Waals surface area contributed by atoms with Crippen molar-refractivity contribution in [3.8, 4) is 5.69 Å². The van der Waals surface area contributed by atoms with Gasteiger partial charge < -0.3 is 11.5 Å². The predicted octanol–water partition coefficient (Wildman–Crippen LogP) is 1.32. The molecule has 0 bridgehead atoms. The monoisotopic (exact) mass is 280 g/mol. The van der Waals surface area contributed by atoms with Crippen molar-refractivity contribution in [2.24, 2.45) is 5.73 Å². The summed E-state index contributed by atoms with van der Waals surface area (Å²) in [7, 11) is 0. The van der Waals surface area contributed by atoms with Crippen molar-refractivity contribution in [1.29, 1.82) is 0 Å². The predicted molar refractivity (Wildman–Crippen MR) is 64.2 cm³/mol. The number of carbonyl (C=O) groups excluding carboxylic acids is 1. The SMILES string of the molecule is NC(=O)c1ccc(-n2ccc(N)n2)cc1Br. The maximum absolute atomic E-state index is 11.0. The molecule has 0 unspecified atom stereocenters. The Balaban J connectivity index is 2.45. The second kappa shape index (κ2) is 3.97. The minimum atomic E-state index is -0.474. The van der Waals surface area contributed by atoms with E-state index in [4.69, 9.17) is 11.5 Å². The maximum atomic E-state index is 11.0. The highest BCUT2D eigenvalue weighted by molar-refractivity contribution is 9.10. The minimum Gasteiger partial charge on any atom is -0.382 e. The fourth-order valence-corrected chi connectivity index (χ4v) is 1.89. The molecule has 1 heterocycles. The molecule has 0 atom stereocenters. The number of hydrogen-bond donors (Lipinski definition) is 2. The van der Waals surface area contributed by atoms with Crippen LogP contribution in [0, 0.1) is 0 Å². The average Bonchev–Trinajstić information content (AvgIpc) is 2.64. The molecule has 0 aliphatic carbocycles. The van der Waals surface area contributed by atoms with Gasteiger partial charge in [-0.3, -0.25) is 4.79 Å². The summed E-state index contributed by atoms with van der Waals surface area (Å²) in [6.45, 7) is 0. The van der Waals surface area contributed by atoms with Gasteiger partial charge in [0.2, 0.25) is 5.91 Å². The van der Waals surface area contributed by atoms with Crippen LogP contribution in [0.5, 0.6) is 0 Å². The van der Waals surface area contributed by atoms with Crippen LogP contribution >= 0.6 is 15.9 Å². The Kier molecular flexibility index (Phi) is 2.66. The third-order valence-corrected chi connectivity index (χ3v) is 2.75. The van der Waals surface area contributed by atoms with Crippen LogP contribution in [-0.4, -0.2) is 15.7 Å². The van der Waals surface area contributed by atoms with Crippen LogP contribution in [0.15, 0.2) is 34.9 Å². The molecule has 0 fully saturated rings. The molecule has 0 aliphatic rings. The van der Waals surface area contributed by atoms with Crippen LogP contribution < -0.4 is 11.5 Å². The lowest BCUT2D eigenvalue weighted by Gasteiger charge is -2.04. The van der Waals surface area contributed by atoms with E-state index in [9.17, 15) is 4.79 Å². The largest absolute Gasteiger partial charge is 0.382 e. The number of nitrogens with zero attached hydrogens (tertiary/aromatic N) is 2. The second-order valence-electron chi connectivity index (χ2n) is 3.21. The molecule has 1 amide bonds. The fourth-order valence-electron chi connectivity index (χ4n) is 1.33. The van der Waals surface area contributed by atoms with Gasteiger partial charge in [0.15, 0.2) is 0 Å². The van der Waals surface area contributed by atoms with Crippen molar-refractivity contribution in [2.45, 2.75) is 0 Å². The first-order chi connectivity index (χ1) is 7.58. The van der Waals surface area contributed by atoms with Crippen LogP contribution in [0.4, 0.5) is 5.82 Å². The molecule has 0 saturated heterocycles. The molecule has 4 N–H and O–H groups in total. The Morgan fingerprint density at radius 1 is 1.38 bits per heavy atom. The first kappa shape index (κ1) is 10.7. The summed E-state index contributed by atoms with van der Waals surface area (Å²) >= 11 is 3.28. The highest BCUT2D eigenvalue weighted by atomic mass is 79.9. The van der Waals surface area contributed by atoms with E-state index in [0.29, 0.717) is 15.9 Å². The molecule has 6 heteroatoms. The molecule has 16 heavy (non-hydrogen) atoms. The lowest BCUT2D eigenvalue weighted by atomic mass is 10.2. The van der Waals surface area contributed by atoms with Crippen molar-refractivity contribution in [2.75, 3.05) is 5.73 Å². The summed E-state index contributed by atoms with van der Waals surface area (Å²) in [6.07, 6.45) is 1.74. The summed E-state index contributed by atoms with van der Waals surface area (Å²) < 4.78 is 2.25. The van der Waals surface area contributed by atoms with Crippen LogP contribution in [0.1, 0.15) is 10.4 Å². The number of nitrogens with two attached hydrogens (primary N) is 2. The number of hydrogen-bond acceptors (Lipinski definition) is 3. The Bertz CT molecular complexity index is 550.